The average molecular weight is 565 g/mol. The van der Waals surface area contributed by atoms with E-state index in [9.17, 15) is 24.0 Å². The van der Waals surface area contributed by atoms with Gasteiger partial charge >= 0.3 is 0 Å². The lowest BCUT2D eigenvalue weighted by molar-refractivity contribution is -0.122. The van der Waals surface area contributed by atoms with E-state index < -0.39 is 0 Å². The summed E-state index contributed by atoms with van der Waals surface area (Å²) in [5.74, 6) is 2.10. The van der Waals surface area contributed by atoms with Gasteiger partial charge in [0.25, 0.3) is 0 Å². The normalized spacial score (nSPS) is 14.7. The molecule has 2 aliphatic rings. The summed E-state index contributed by atoms with van der Waals surface area (Å²) in [6.45, 7) is 12.0. The van der Waals surface area contributed by atoms with Crippen LogP contribution in [0.2, 0.25) is 0 Å². The maximum absolute atomic E-state index is 10.9. The lowest BCUT2D eigenvalue weighted by Crippen LogP contribution is -2.25. The van der Waals surface area contributed by atoms with Crippen LogP contribution in [0, 0.1) is 11.3 Å². The SMILES string of the molecule is CC(=O)c1ccccc1.CC(C)(C)C1CCC(=O)CC1.CCCC(C)=O.O=C1CCCCC1.O=Cc1ccccc1. The second-order valence-corrected chi connectivity index (χ2v) is 11.7. The first-order valence-corrected chi connectivity index (χ1v) is 15.0. The number of carbonyl (C=O) groups excluding carboxylic acids is 5. The third-order valence-electron chi connectivity index (χ3n) is 6.90. The van der Waals surface area contributed by atoms with Crippen molar-refractivity contribution in [2.45, 2.75) is 112 Å². The Morgan fingerprint density at radius 3 is 1.49 bits per heavy atom. The average Bonchev–Trinajstić information content (AvgIpc) is 2.95. The molecule has 0 radical (unpaired) electrons. The van der Waals surface area contributed by atoms with Gasteiger partial charge in [-0.15, -0.1) is 0 Å². The molecule has 226 valence electrons. The molecule has 0 atom stereocenters. The largest absolute Gasteiger partial charge is 0.300 e. The molecule has 0 aromatic heterocycles. The van der Waals surface area contributed by atoms with Gasteiger partial charge in [0.2, 0.25) is 0 Å². The van der Waals surface area contributed by atoms with Gasteiger partial charge in [-0.1, -0.05) is 94.8 Å². The lowest BCUT2D eigenvalue weighted by atomic mass is 9.72. The molecule has 0 saturated heterocycles. The van der Waals surface area contributed by atoms with Gasteiger partial charge in [-0.2, -0.15) is 0 Å². The molecule has 5 heteroatoms. The molecule has 0 bridgehead atoms. The fourth-order valence-corrected chi connectivity index (χ4v) is 4.31. The van der Waals surface area contributed by atoms with E-state index in [2.05, 4.69) is 20.8 Å². The molecule has 0 amide bonds. The Balaban J connectivity index is 0.000000496. The summed E-state index contributed by atoms with van der Waals surface area (Å²) in [4.78, 5) is 52.1. The number of rotatable bonds is 4. The molecule has 0 N–H and O–H groups in total. The van der Waals surface area contributed by atoms with Gasteiger partial charge in [0.1, 0.15) is 23.6 Å². The number of ketones is 4. The van der Waals surface area contributed by atoms with Crippen molar-refractivity contribution < 1.29 is 24.0 Å². The maximum Gasteiger partial charge on any atom is 0.159 e. The topological polar surface area (TPSA) is 85.3 Å². The van der Waals surface area contributed by atoms with Gasteiger partial charge in [-0.25, -0.2) is 0 Å². The minimum Gasteiger partial charge on any atom is -0.300 e. The van der Waals surface area contributed by atoms with Crippen LogP contribution in [0.1, 0.15) is 133 Å². The summed E-state index contributed by atoms with van der Waals surface area (Å²) in [5, 5.41) is 0. The smallest absolute Gasteiger partial charge is 0.159 e. The Hall–Kier alpha value is -3.21. The molecule has 0 heterocycles. The molecule has 0 aliphatic heterocycles. The van der Waals surface area contributed by atoms with Crippen LogP contribution in [0.3, 0.4) is 0 Å². The summed E-state index contributed by atoms with van der Waals surface area (Å²) < 4.78 is 0. The van der Waals surface area contributed by atoms with Crippen molar-refractivity contribution in [1.29, 1.82) is 0 Å². The van der Waals surface area contributed by atoms with E-state index in [1.807, 2.05) is 55.5 Å². The number of hydrogen-bond donors (Lipinski definition) is 0. The Morgan fingerprint density at radius 1 is 0.756 bits per heavy atom. The summed E-state index contributed by atoms with van der Waals surface area (Å²) >= 11 is 0. The molecule has 2 aromatic carbocycles. The van der Waals surface area contributed by atoms with Gasteiger partial charge in [0.15, 0.2) is 5.78 Å². The Morgan fingerprint density at radius 2 is 1.22 bits per heavy atom. The summed E-state index contributed by atoms with van der Waals surface area (Å²) in [7, 11) is 0. The molecular weight excluding hydrogens is 512 g/mol. The zero-order valence-corrected chi connectivity index (χ0v) is 26.2. The molecule has 41 heavy (non-hydrogen) atoms. The number of Topliss-reactive ketones (excluding diaryl/α,β-unsaturated/α-hetero) is 4. The van der Waals surface area contributed by atoms with Gasteiger partial charge in [0, 0.05) is 43.2 Å². The highest BCUT2D eigenvalue weighted by atomic mass is 16.1. The van der Waals surface area contributed by atoms with Crippen LogP contribution in [-0.4, -0.2) is 29.4 Å². The molecule has 2 aromatic rings. The Bertz CT molecular complexity index is 1000. The summed E-state index contributed by atoms with van der Waals surface area (Å²) in [6, 6.07) is 18.3. The monoisotopic (exact) mass is 564 g/mol. The second-order valence-electron chi connectivity index (χ2n) is 11.7. The first-order valence-electron chi connectivity index (χ1n) is 15.0. The summed E-state index contributed by atoms with van der Waals surface area (Å²) in [6.07, 6.45) is 11.7. The zero-order chi connectivity index (χ0) is 31.1. The summed E-state index contributed by atoms with van der Waals surface area (Å²) in [5.41, 5.74) is 1.91. The zero-order valence-electron chi connectivity index (χ0n) is 26.2. The molecule has 2 aliphatic carbocycles. The third kappa shape index (κ3) is 21.2. The van der Waals surface area contributed by atoms with Gasteiger partial charge in [0.05, 0.1) is 0 Å². The predicted octanol–water partition coefficient (Wildman–Crippen LogP) is 9.08. The van der Waals surface area contributed by atoms with Gasteiger partial charge in [-0.3, -0.25) is 19.2 Å². The number of carbonyl (C=O) groups is 5. The molecule has 0 spiro atoms. The van der Waals surface area contributed by atoms with Crippen LogP contribution in [0.25, 0.3) is 0 Å². The second kappa shape index (κ2) is 22.5. The van der Waals surface area contributed by atoms with Crippen molar-refractivity contribution in [1.82, 2.24) is 0 Å². The highest BCUT2D eigenvalue weighted by molar-refractivity contribution is 5.93. The van der Waals surface area contributed by atoms with E-state index in [4.69, 9.17) is 0 Å². The predicted molar refractivity (Wildman–Crippen MR) is 168 cm³/mol. The van der Waals surface area contributed by atoms with Crippen molar-refractivity contribution in [3.8, 4) is 0 Å². The maximum atomic E-state index is 10.9. The first-order chi connectivity index (χ1) is 19.4. The van der Waals surface area contributed by atoms with Crippen LogP contribution in [0.4, 0.5) is 0 Å². The first kappa shape index (κ1) is 37.8. The molecular formula is C36H52O5. The van der Waals surface area contributed by atoms with Gasteiger partial charge in [-0.05, 0) is 57.3 Å². The Kier molecular flexibility index (Phi) is 20.7. The van der Waals surface area contributed by atoms with Crippen LogP contribution in [0.5, 0.6) is 0 Å². The lowest BCUT2D eigenvalue weighted by Gasteiger charge is -2.33. The van der Waals surface area contributed by atoms with Crippen LogP contribution >= 0.6 is 0 Å². The molecule has 4 rings (SSSR count). The van der Waals surface area contributed by atoms with E-state index in [1.165, 1.54) is 6.42 Å². The number of aldehydes is 1. The molecule has 2 saturated carbocycles. The van der Waals surface area contributed by atoms with E-state index in [0.29, 0.717) is 17.0 Å². The van der Waals surface area contributed by atoms with E-state index >= 15 is 0 Å². The fourth-order valence-electron chi connectivity index (χ4n) is 4.31. The fraction of sp³-hybridized carbons (Fsp3) is 0.528. The quantitative estimate of drug-likeness (QED) is 0.273. The highest BCUT2D eigenvalue weighted by Crippen LogP contribution is 2.36. The molecule has 5 nitrogen and oxygen atoms in total. The van der Waals surface area contributed by atoms with Crippen LogP contribution < -0.4 is 0 Å². The minimum absolute atomic E-state index is 0.121. The Labute approximate surface area is 248 Å². The molecule has 0 unspecified atom stereocenters. The van der Waals surface area contributed by atoms with Crippen molar-refractivity contribution >= 4 is 29.4 Å². The van der Waals surface area contributed by atoms with Crippen LogP contribution in [-0.2, 0) is 14.4 Å². The van der Waals surface area contributed by atoms with Crippen molar-refractivity contribution in [3.63, 3.8) is 0 Å². The third-order valence-corrected chi connectivity index (χ3v) is 6.90. The van der Waals surface area contributed by atoms with Crippen LogP contribution in [0.15, 0.2) is 60.7 Å². The van der Waals surface area contributed by atoms with Crippen molar-refractivity contribution in [2.75, 3.05) is 0 Å². The molecule has 2 fully saturated rings. The minimum atomic E-state index is 0.121. The van der Waals surface area contributed by atoms with E-state index in [1.54, 1.807) is 26.0 Å². The van der Waals surface area contributed by atoms with Crippen molar-refractivity contribution in [2.24, 2.45) is 11.3 Å². The number of hydrogen-bond acceptors (Lipinski definition) is 5. The van der Waals surface area contributed by atoms with E-state index in [-0.39, 0.29) is 11.6 Å². The van der Waals surface area contributed by atoms with Gasteiger partial charge < -0.3 is 4.79 Å². The highest BCUT2D eigenvalue weighted by Gasteiger charge is 2.28. The van der Waals surface area contributed by atoms with Crippen molar-refractivity contribution in [3.05, 3.63) is 71.8 Å². The number of benzene rings is 2. The van der Waals surface area contributed by atoms with E-state index in [0.717, 1.165) is 87.5 Å². The standard InChI is InChI=1S/C10H18O.C8H8O.C7H6O.C6H10O.C5H10O/c1-10(2,3)8-4-6-9(11)7-5-8;1-7(9)8-5-3-2-4-6-8;8-6-7-4-2-1-3-5-7;7-6-4-2-1-3-5-6;1-3-4-5(2)6/h8H,4-7H2,1-3H3;2-6H,1H3;1-6H;1-5H2;3-4H2,1-2H3.